The minimum atomic E-state index is -0.276. The molecule has 2 unspecified atom stereocenters. The Balaban J connectivity index is 1.63. The van der Waals surface area contributed by atoms with Gasteiger partial charge in [0.1, 0.15) is 0 Å². The number of ether oxygens (including phenoxy) is 2. The highest BCUT2D eigenvalue weighted by Gasteiger charge is 2.46. The molecule has 2 saturated carbocycles. The van der Waals surface area contributed by atoms with Crippen LogP contribution in [0.5, 0.6) is 0 Å². The Kier molecular flexibility index (Phi) is 4.65. The first-order valence-electron chi connectivity index (χ1n) is 8.38. The first-order chi connectivity index (χ1) is 9.72. The Morgan fingerprint density at radius 3 is 2.50 bits per heavy atom. The van der Waals surface area contributed by atoms with Gasteiger partial charge in [-0.25, -0.2) is 0 Å². The second kappa shape index (κ2) is 6.30. The van der Waals surface area contributed by atoms with Gasteiger partial charge in [0.05, 0.1) is 13.2 Å². The lowest BCUT2D eigenvalue weighted by Crippen LogP contribution is -2.56. The maximum Gasteiger partial charge on any atom is 0.170 e. The molecule has 1 aliphatic heterocycles. The SMILES string of the molecule is CNC1CCC2(CC1N(C)CC1CCCC1)OCCO2. The van der Waals surface area contributed by atoms with Crippen LogP contribution in [0.1, 0.15) is 44.9 Å². The van der Waals surface area contributed by atoms with Crippen molar-refractivity contribution < 1.29 is 9.47 Å². The van der Waals surface area contributed by atoms with E-state index in [1.807, 2.05) is 0 Å². The highest BCUT2D eigenvalue weighted by Crippen LogP contribution is 2.38. The van der Waals surface area contributed by atoms with Crippen molar-refractivity contribution in [3.05, 3.63) is 0 Å². The van der Waals surface area contributed by atoms with Crippen molar-refractivity contribution in [1.29, 1.82) is 0 Å². The zero-order chi connectivity index (χ0) is 14.0. The summed E-state index contributed by atoms with van der Waals surface area (Å²) in [6, 6.07) is 1.10. The van der Waals surface area contributed by atoms with Gasteiger partial charge >= 0.3 is 0 Å². The van der Waals surface area contributed by atoms with E-state index in [-0.39, 0.29) is 5.79 Å². The molecule has 0 radical (unpaired) electrons. The van der Waals surface area contributed by atoms with Crippen molar-refractivity contribution in [3.8, 4) is 0 Å². The summed E-state index contributed by atoms with van der Waals surface area (Å²) in [7, 11) is 4.39. The van der Waals surface area contributed by atoms with Crippen LogP contribution >= 0.6 is 0 Å². The van der Waals surface area contributed by atoms with Crippen LogP contribution in [0.4, 0.5) is 0 Å². The molecule has 1 heterocycles. The molecule has 0 aromatic heterocycles. The molecule has 1 N–H and O–H groups in total. The molecule has 0 aromatic carbocycles. The number of hydrogen-bond donors (Lipinski definition) is 1. The molecular weight excluding hydrogens is 252 g/mol. The summed E-state index contributed by atoms with van der Waals surface area (Å²) >= 11 is 0. The number of rotatable bonds is 4. The molecule has 4 heteroatoms. The maximum atomic E-state index is 5.95. The van der Waals surface area contributed by atoms with Gasteiger partial charge in [0.25, 0.3) is 0 Å². The van der Waals surface area contributed by atoms with Crippen LogP contribution in [-0.2, 0) is 9.47 Å². The minimum Gasteiger partial charge on any atom is -0.347 e. The number of hydrogen-bond acceptors (Lipinski definition) is 4. The molecule has 0 bridgehead atoms. The molecule has 3 fully saturated rings. The fourth-order valence-corrected chi connectivity index (χ4v) is 4.43. The second-order valence-corrected chi connectivity index (χ2v) is 6.90. The summed E-state index contributed by atoms with van der Waals surface area (Å²) in [5.74, 6) is 0.628. The van der Waals surface area contributed by atoms with Crippen molar-refractivity contribution in [2.75, 3.05) is 33.9 Å². The van der Waals surface area contributed by atoms with Gasteiger partial charge < -0.3 is 19.7 Å². The summed E-state index contributed by atoms with van der Waals surface area (Å²) < 4.78 is 11.9. The first-order valence-corrected chi connectivity index (χ1v) is 8.38. The summed E-state index contributed by atoms with van der Waals surface area (Å²) in [6.45, 7) is 2.77. The summed E-state index contributed by atoms with van der Waals surface area (Å²) in [6.07, 6.45) is 8.88. The highest BCUT2D eigenvalue weighted by molar-refractivity contribution is 4.95. The third-order valence-electron chi connectivity index (χ3n) is 5.59. The van der Waals surface area contributed by atoms with Crippen LogP contribution < -0.4 is 5.32 Å². The van der Waals surface area contributed by atoms with Crippen LogP contribution in [0.3, 0.4) is 0 Å². The Morgan fingerprint density at radius 2 is 1.85 bits per heavy atom. The quantitative estimate of drug-likeness (QED) is 0.855. The smallest absolute Gasteiger partial charge is 0.170 e. The minimum absolute atomic E-state index is 0.276. The van der Waals surface area contributed by atoms with Crippen molar-refractivity contribution in [2.24, 2.45) is 5.92 Å². The lowest BCUT2D eigenvalue weighted by Gasteiger charge is -2.45. The van der Waals surface area contributed by atoms with Gasteiger partial charge in [-0.05, 0) is 39.3 Å². The summed E-state index contributed by atoms with van der Waals surface area (Å²) in [4.78, 5) is 2.57. The number of likely N-dealkylation sites (N-methyl/N-ethyl adjacent to an activating group) is 2. The molecule has 1 saturated heterocycles. The van der Waals surface area contributed by atoms with Gasteiger partial charge in [-0.3, -0.25) is 0 Å². The Morgan fingerprint density at radius 1 is 1.15 bits per heavy atom. The largest absolute Gasteiger partial charge is 0.347 e. The van der Waals surface area contributed by atoms with Gasteiger partial charge in [-0.15, -0.1) is 0 Å². The zero-order valence-electron chi connectivity index (χ0n) is 13.1. The average molecular weight is 282 g/mol. The lowest BCUT2D eigenvalue weighted by molar-refractivity contribution is -0.192. The van der Waals surface area contributed by atoms with E-state index in [0.29, 0.717) is 12.1 Å². The van der Waals surface area contributed by atoms with Crippen molar-refractivity contribution in [2.45, 2.75) is 62.8 Å². The normalized spacial score (nSPS) is 34.4. The fraction of sp³-hybridized carbons (Fsp3) is 1.00. The molecule has 4 nitrogen and oxygen atoms in total. The van der Waals surface area contributed by atoms with Gasteiger partial charge in [0.2, 0.25) is 0 Å². The zero-order valence-corrected chi connectivity index (χ0v) is 13.1. The molecule has 3 rings (SSSR count). The number of nitrogens with zero attached hydrogens (tertiary/aromatic N) is 1. The van der Waals surface area contributed by atoms with Crippen LogP contribution in [0.15, 0.2) is 0 Å². The first kappa shape index (κ1) is 14.8. The molecule has 2 aliphatic carbocycles. The maximum absolute atomic E-state index is 5.95. The molecule has 1 spiro atoms. The summed E-state index contributed by atoms with van der Waals surface area (Å²) in [5, 5.41) is 3.51. The molecule has 116 valence electrons. The van der Waals surface area contributed by atoms with Crippen LogP contribution in [0, 0.1) is 5.92 Å². The second-order valence-electron chi connectivity index (χ2n) is 6.90. The van der Waals surface area contributed by atoms with E-state index in [1.165, 1.54) is 32.2 Å². The van der Waals surface area contributed by atoms with Crippen molar-refractivity contribution in [3.63, 3.8) is 0 Å². The van der Waals surface area contributed by atoms with Crippen LogP contribution in [0.25, 0.3) is 0 Å². The molecule has 0 aromatic rings. The third-order valence-corrected chi connectivity index (χ3v) is 5.59. The van der Waals surface area contributed by atoms with E-state index in [2.05, 4.69) is 24.3 Å². The molecule has 20 heavy (non-hydrogen) atoms. The Bertz CT molecular complexity index is 312. The topological polar surface area (TPSA) is 33.7 Å². The fourth-order valence-electron chi connectivity index (χ4n) is 4.43. The van der Waals surface area contributed by atoms with Gasteiger partial charge in [0.15, 0.2) is 5.79 Å². The standard InChI is InChI=1S/C16H30N2O2/c1-17-14-7-8-16(19-9-10-20-16)11-15(14)18(2)12-13-5-3-4-6-13/h13-15,17H,3-12H2,1-2H3. The highest BCUT2D eigenvalue weighted by atomic mass is 16.7. The van der Waals surface area contributed by atoms with Crippen molar-refractivity contribution >= 4 is 0 Å². The summed E-state index contributed by atoms with van der Waals surface area (Å²) in [5.41, 5.74) is 0. The lowest BCUT2D eigenvalue weighted by atomic mass is 9.84. The average Bonchev–Trinajstić information content (AvgIpc) is 3.11. The van der Waals surface area contributed by atoms with E-state index >= 15 is 0 Å². The van der Waals surface area contributed by atoms with E-state index in [4.69, 9.17) is 9.47 Å². The Labute approximate surface area is 123 Å². The van der Waals surface area contributed by atoms with Gasteiger partial charge in [-0.2, -0.15) is 0 Å². The van der Waals surface area contributed by atoms with E-state index in [0.717, 1.165) is 38.4 Å². The monoisotopic (exact) mass is 282 g/mol. The molecule has 2 atom stereocenters. The van der Waals surface area contributed by atoms with Gasteiger partial charge in [0, 0.05) is 31.5 Å². The Hall–Kier alpha value is -0.160. The van der Waals surface area contributed by atoms with Crippen LogP contribution in [0.2, 0.25) is 0 Å². The third kappa shape index (κ3) is 3.03. The van der Waals surface area contributed by atoms with E-state index < -0.39 is 0 Å². The molecule has 0 amide bonds. The van der Waals surface area contributed by atoms with Crippen molar-refractivity contribution in [1.82, 2.24) is 10.2 Å². The predicted molar refractivity (Wildman–Crippen MR) is 79.7 cm³/mol. The predicted octanol–water partition coefficient (Wildman–Crippen LogP) is 1.99. The molecule has 3 aliphatic rings. The van der Waals surface area contributed by atoms with Crippen LogP contribution in [-0.4, -0.2) is 56.6 Å². The number of nitrogens with one attached hydrogen (secondary N) is 1. The molecular formula is C16H30N2O2. The van der Waals surface area contributed by atoms with E-state index in [1.54, 1.807) is 0 Å². The van der Waals surface area contributed by atoms with Gasteiger partial charge in [-0.1, -0.05) is 12.8 Å². The van der Waals surface area contributed by atoms with E-state index in [9.17, 15) is 0 Å².